The first-order valence-corrected chi connectivity index (χ1v) is 6.59. The summed E-state index contributed by atoms with van der Waals surface area (Å²) in [6, 6.07) is 1.62. The van der Waals surface area contributed by atoms with Crippen LogP contribution in [0.25, 0.3) is 0 Å². The van der Waals surface area contributed by atoms with Gasteiger partial charge in [0.25, 0.3) is 5.91 Å². The van der Waals surface area contributed by atoms with Crippen LogP contribution < -0.4 is 5.32 Å². The number of hydrogen-bond acceptors (Lipinski definition) is 3. The summed E-state index contributed by atoms with van der Waals surface area (Å²) in [5.41, 5.74) is 0.358. The molecule has 1 aromatic heterocycles. The Kier molecular flexibility index (Phi) is 4.43. The van der Waals surface area contributed by atoms with Gasteiger partial charge >= 0.3 is 0 Å². The smallest absolute Gasteiger partial charge is 0.253 e. The zero-order valence-electron chi connectivity index (χ0n) is 9.95. The van der Waals surface area contributed by atoms with Gasteiger partial charge in [-0.3, -0.25) is 4.79 Å². The Morgan fingerprint density at radius 1 is 1.56 bits per heavy atom. The lowest BCUT2D eigenvalue weighted by Crippen LogP contribution is -2.47. The summed E-state index contributed by atoms with van der Waals surface area (Å²) in [6.45, 7) is 2.67. The number of carbonyl (C=O) groups excluding carboxylic acids is 1. The second kappa shape index (κ2) is 5.87. The molecule has 4 nitrogen and oxygen atoms in total. The minimum Gasteiger partial charge on any atom is -0.378 e. The molecule has 0 radical (unpaired) electrons. The largest absolute Gasteiger partial charge is 0.378 e. The monoisotopic (exact) mass is 288 g/mol. The first-order valence-electron chi connectivity index (χ1n) is 5.83. The van der Waals surface area contributed by atoms with Crippen molar-refractivity contribution >= 4 is 29.1 Å². The Balaban J connectivity index is 1.91. The number of aromatic nitrogens is 1. The molecule has 1 aliphatic rings. The van der Waals surface area contributed by atoms with E-state index in [0.717, 1.165) is 12.8 Å². The molecule has 2 rings (SSSR count). The highest BCUT2D eigenvalue weighted by Gasteiger charge is 2.31. The number of amides is 1. The van der Waals surface area contributed by atoms with E-state index in [-0.39, 0.29) is 23.2 Å². The highest BCUT2D eigenvalue weighted by molar-refractivity contribution is 6.35. The predicted octanol–water partition coefficient (Wildman–Crippen LogP) is 2.69. The van der Waals surface area contributed by atoms with E-state index in [1.807, 2.05) is 6.92 Å². The molecule has 0 bridgehead atoms. The Labute approximate surface area is 116 Å². The number of ether oxygens (including phenoxy) is 1. The highest BCUT2D eigenvalue weighted by Crippen LogP contribution is 2.24. The van der Waals surface area contributed by atoms with Gasteiger partial charge in [0.15, 0.2) is 0 Å². The predicted molar refractivity (Wildman–Crippen MR) is 70.2 cm³/mol. The van der Waals surface area contributed by atoms with Crippen LogP contribution in [0.4, 0.5) is 0 Å². The summed E-state index contributed by atoms with van der Waals surface area (Å²) in [4.78, 5) is 15.8. The fourth-order valence-corrected chi connectivity index (χ4v) is 2.25. The molecule has 1 fully saturated rings. The van der Waals surface area contributed by atoms with Crippen molar-refractivity contribution in [1.29, 1.82) is 0 Å². The van der Waals surface area contributed by atoms with Crippen LogP contribution in [0, 0.1) is 0 Å². The second-order valence-electron chi connectivity index (χ2n) is 4.21. The van der Waals surface area contributed by atoms with Crippen molar-refractivity contribution in [2.75, 3.05) is 6.61 Å². The van der Waals surface area contributed by atoms with Crippen molar-refractivity contribution in [2.24, 2.45) is 0 Å². The van der Waals surface area contributed by atoms with Gasteiger partial charge in [-0.2, -0.15) is 0 Å². The average Bonchev–Trinajstić information content (AvgIpc) is 2.29. The lowest BCUT2D eigenvalue weighted by atomic mass is 9.89. The molecule has 0 saturated heterocycles. The molecule has 1 aliphatic carbocycles. The molecule has 6 heteroatoms. The van der Waals surface area contributed by atoms with Crippen LogP contribution in [0.3, 0.4) is 0 Å². The van der Waals surface area contributed by atoms with E-state index in [4.69, 9.17) is 27.9 Å². The molecule has 1 saturated carbocycles. The van der Waals surface area contributed by atoms with Gasteiger partial charge in [-0.25, -0.2) is 4.98 Å². The van der Waals surface area contributed by atoms with Gasteiger partial charge in [-0.05, 0) is 25.8 Å². The zero-order chi connectivity index (χ0) is 13.1. The summed E-state index contributed by atoms with van der Waals surface area (Å²) >= 11 is 11.6. The van der Waals surface area contributed by atoms with Crippen molar-refractivity contribution in [3.63, 3.8) is 0 Å². The molecule has 0 unspecified atom stereocenters. The Morgan fingerprint density at radius 3 is 2.94 bits per heavy atom. The minimum absolute atomic E-state index is 0.150. The highest BCUT2D eigenvalue weighted by atomic mass is 35.5. The van der Waals surface area contributed by atoms with Gasteiger partial charge in [0.05, 0.1) is 16.7 Å². The van der Waals surface area contributed by atoms with Crippen LogP contribution in [0.15, 0.2) is 12.3 Å². The van der Waals surface area contributed by atoms with E-state index in [2.05, 4.69) is 10.3 Å². The molecule has 1 amide bonds. The summed E-state index contributed by atoms with van der Waals surface area (Å²) < 4.78 is 5.43. The first kappa shape index (κ1) is 13.6. The number of nitrogens with one attached hydrogen (secondary N) is 1. The molecule has 0 spiro atoms. The van der Waals surface area contributed by atoms with E-state index in [0.29, 0.717) is 17.2 Å². The minimum atomic E-state index is -0.218. The summed E-state index contributed by atoms with van der Waals surface area (Å²) in [7, 11) is 0. The fourth-order valence-electron chi connectivity index (χ4n) is 1.91. The number of carbonyl (C=O) groups is 1. The average molecular weight is 289 g/mol. The van der Waals surface area contributed by atoms with Crippen molar-refractivity contribution in [3.8, 4) is 0 Å². The molecule has 1 aromatic rings. The quantitative estimate of drug-likeness (QED) is 0.867. The molecule has 1 heterocycles. The zero-order valence-corrected chi connectivity index (χ0v) is 11.5. The first-order chi connectivity index (χ1) is 8.60. The van der Waals surface area contributed by atoms with Gasteiger partial charge in [-0.15, -0.1) is 0 Å². The van der Waals surface area contributed by atoms with Crippen molar-refractivity contribution in [2.45, 2.75) is 31.9 Å². The van der Waals surface area contributed by atoms with Crippen LogP contribution in [0.1, 0.15) is 30.1 Å². The molecule has 18 heavy (non-hydrogen) atoms. The number of nitrogens with zero attached hydrogens (tertiary/aromatic N) is 1. The molecule has 0 aliphatic heterocycles. The van der Waals surface area contributed by atoms with Gasteiger partial charge in [0.2, 0.25) is 0 Å². The van der Waals surface area contributed by atoms with E-state index in [1.54, 1.807) is 0 Å². The van der Waals surface area contributed by atoms with E-state index in [9.17, 15) is 4.79 Å². The molecule has 0 aromatic carbocycles. The van der Waals surface area contributed by atoms with Crippen molar-refractivity contribution in [1.82, 2.24) is 10.3 Å². The van der Waals surface area contributed by atoms with E-state index >= 15 is 0 Å². The Hall–Kier alpha value is -0.840. The number of pyridine rings is 1. The summed E-state index contributed by atoms with van der Waals surface area (Å²) in [5, 5.41) is 3.46. The van der Waals surface area contributed by atoms with Crippen LogP contribution in [-0.2, 0) is 4.74 Å². The van der Waals surface area contributed by atoms with E-state index < -0.39 is 0 Å². The van der Waals surface area contributed by atoms with Gasteiger partial charge in [0, 0.05) is 18.8 Å². The molecule has 98 valence electrons. The van der Waals surface area contributed by atoms with Gasteiger partial charge < -0.3 is 10.1 Å². The number of rotatable bonds is 4. The molecular formula is C12H14Cl2N2O2. The van der Waals surface area contributed by atoms with Crippen LogP contribution in [-0.4, -0.2) is 29.6 Å². The standard InChI is InChI=1S/C12H14Cl2N2O2/c1-2-18-8-3-7(4-8)16-12(17)9-5-11(14)15-6-10(9)13/h5-8H,2-4H2,1H3,(H,16,17). The topological polar surface area (TPSA) is 51.2 Å². The fraction of sp³-hybridized carbons (Fsp3) is 0.500. The van der Waals surface area contributed by atoms with Crippen LogP contribution in [0.5, 0.6) is 0 Å². The van der Waals surface area contributed by atoms with Crippen molar-refractivity contribution < 1.29 is 9.53 Å². The van der Waals surface area contributed by atoms with Crippen LogP contribution in [0.2, 0.25) is 10.2 Å². The maximum atomic E-state index is 12.0. The third-order valence-corrected chi connectivity index (χ3v) is 3.41. The van der Waals surface area contributed by atoms with Crippen molar-refractivity contribution in [3.05, 3.63) is 28.0 Å². The Morgan fingerprint density at radius 2 is 2.28 bits per heavy atom. The third kappa shape index (κ3) is 3.13. The SMILES string of the molecule is CCOC1CC(NC(=O)c2cc(Cl)ncc2Cl)C1. The number of hydrogen-bond donors (Lipinski definition) is 1. The molecular weight excluding hydrogens is 275 g/mol. The van der Waals surface area contributed by atoms with Crippen LogP contribution >= 0.6 is 23.2 Å². The maximum Gasteiger partial charge on any atom is 0.253 e. The van der Waals surface area contributed by atoms with Gasteiger partial charge in [-0.1, -0.05) is 23.2 Å². The normalized spacial score (nSPS) is 22.4. The van der Waals surface area contributed by atoms with E-state index in [1.165, 1.54) is 12.3 Å². The number of halogens is 2. The maximum absolute atomic E-state index is 12.0. The third-order valence-electron chi connectivity index (χ3n) is 2.90. The second-order valence-corrected chi connectivity index (χ2v) is 5.00. The Bertz CT molecular complexity index is 448. The summed E-state index contributed by atoms with van der Waals surface area (Å²) in [5.74, 6) is -0.218. The van der Waals surface area contributed by atoms with Gasteiger partial charge in [0.1, 0.15) is 5.15 Å². The molecule has 1 N–H and O–H groups in total. The summed E-state index contributed by atoms with van der Waals surface area (Å²) in [6.07, 6.45) is 3.33. The molecule has 0 atom stereocenters. The lowest BCUT2D eigenvalue weighted by Gasteiger charge is -2.35. The lowest BCUT2D eigenvalue weighted by molar-refractivity contribution is -0.00862.